The van der Waals surface area contributed by atoms with Crippen LogP contribution in [0.1, 0.15) is 40.4 Å². The number of ether oxygens (including phenoxy) is 2. The molecule has 2 aliphatic rings. The number of carbonyl (C=O) groups is 2. The molecule has 5 rings (SSSR count). The van der Waals surface area contributed by atoms with E-state index in [2.05, 4.69) is 10.2 Å². The Labute approximate surface area is 228 Å². The van der Waals surface area contributed by atoms with E-state index in [-0.39, 0.29) is 11.8 Å². The molecule has 1 fully saturated rings. The highest BCUT2D eigenvalue weighted by Crippen LogP contribution is 2.43. The molecule has 0 spiro atoms. The summed E-state index contributed by atoms with van der Waals surface area (Å²) in [6, 6.07) is 21.7. The van der Waals surface area contributed by atoms with Gasteiger partial charge in [0.05, 0.1) is 31.8 Å². The van der Waals surface area contributed by atoms with Gasteiger partial charge in [-0.3, -0.25) is 14.5 Å². The third-order valence-electron chi connectivity index (χ3n) is 7.11. The standard InChI is InChI=1S/C30H32ClN3O4/c1-2-38-24-12-10-21(11-13-24)28-27(29(35)32-23-7-5-6-22(31)20-23)25-8-3-4-9-26(25)30(36)34(28)15-14-33-16-18-37-19-17-33/h3-13,20,27-28H,2,14-19H2,1H3,(H,32,35)/t27-,28+/m0/s1. The molecule has 1 saturated heterocycles. The van der Waals surface area contributed by atoms with Gasteiger partial charge in [0, 0.05) is 42.5 Å². The topological polar surface area (TPSA) is 71.1 Å². The maximum Gasteiger partial charge on any atom is 0.254 e. The molecule has 0 radical (unpaired) electrons. The second-order valence-corrected chi connectivity index (χ2v) is 9.90. The average molecular weight is 534 g/mol. The van der Waals surface area contributed by atoms with Gasteiger partial charge < -0.3 is 19.7 Å². The molecule has 2 heterocycles. The molecule has 3 aromatic rings. The van der Waals surface area contributed by atoms with E-state index < -0.39 is 12.0 Å². The van der Waals surface area contributed by atoms with Crippen molar-refractivity contribution < 1.29 is 19.1 Å². The maximum absolute atomic E-state index is 14.0. The van der Waals surface area contributed by atoms with Gasteiger partial charge in [-0.2, -0.15) is 0 Å². The first-order valence-electron chi connectivity index (χ1n) is 13.0. The highest BCUT2D eigenvalue weighted by Gasteiger charge is 2.44. The second kappa shape index (κ2) is 12.0. The predicted octanol–water partition coefficient (Wildman–Crippen LogP) is 4.99. The van der Waals surface area contributed by atoms with Crippen molar-refractivity contribution in [1.29, 1.82) is 0 Å². The van der Waals surface area contributed by atoms with E-state index in [1.807, 2.05) is 66.4 Å². The fraction of sp³-hybridized carbons (Fsp3) is 0.333. The number of anilines is 1. The van der Waals surface area contributed by atoms with Crippen molar-refractivity contribution in [3.63, 3.8) is 0 Å². The fourth-order valence-electron chi connectivity index (χ4n) is 5.28. The summed E-state index contributed by atoms with van der Waals surface area (Å²) in [5, 5.41) is 3.59. The third kappa shape index (κ3) is 5.70. The number of amides is 2. The lowest BCUT2D eigenvalue weighted by atomic mass is 9.79. The molecular formula is C30H32ClN3O4. The largest absolute Gasteiger partial charge is 0.494 e. The maximum atomic E-state index is 14.0. The Kier molecular flexibility index (Phi) is 8.27. The van der Waals surface area contributed by atoms with E-state index in [9.17, 15) is 9.59 Å². The van der Waals surface area contributed by atoms with Gasteiger partial charge in [0.2, 0.25) is 5.91 Å². The monoisotopic (exact) mass is 533 g/mol. The number of morpholine rings is 1. The first-order valence-corrected chi connectivity index (χ1v) is 13.4. The molecule has 2 amide bonds. The Bertz CT molecular complexity index is 1280. The van der Waals surface area contributed by atoms with Crippen LogP contribution >= 0.6 is 11.6 Å². The number of carbonyl (C=O) groups excluding carboxylic acids is 2. The van der Waals surface area contributed by atoms with Crippen molar-refractivity contribution in [1.82, 2.24) is 9.80 Å². The number of hydrogen-bond acceptors (Lipinski definition) is 5. The molecule has 0 aliphatic carbocycles. The molecule has 2 aliphatic heterocycles. The van der Waals surface area contributed by atoms with Crippen molar-refractivity contribution >= 4 is 29.1 Å². The van der Waals surface area contributed by atoms with Crippen molar-refractivity contribution in [3.05, 3.63) is 94.5 Å². The summed E-state index contributed by atoms with van der Waals surface area (Å²) in [5.74, 6) is -0.133. The summed E-state index contributed by atoms with van der Waals surface area (Å²) in [4.78, 5) is 32.1. The van der Waals surface area contributed by atoms with Crippen LogP contribution in [0.3, 0.4) is 0 Å². The summed E-state index contributed by atoms with van der Waals surface area (Å²) in [5.41, 5.74) is 2.77. The molecule has 2 atom stereocenters. The smallest absolute Gasteiger partial charge is 0.254 e. The zero-order valence-electron chi connectivity index (χ0n) is 21.4. The predicted molar refractivity (Wildman–Crippen MR) is 148 cm³/mol. The zero-order valence-corrected chi connectivity index (χ0v) is 22.2. The van der Waals surface area contributed by atoms with E-state index >= 15 is 0 Å². The lowest BCUT2D eigenvalue weighted by molar-refractivity contribution is -0.119. The molecule has 7 nitrogen and oxygen atoms in total. The van der Waals surface area contributed by atoms with E-state index in [1.54, 1.807) is 18.2 Å². The van der Waals surface area contributed by atoms with Crippen molar-refractivity contribution in [3.8, 4) is 5.75 Å². The van der Waals surface area contributed by atoms with Crippen LogP contribution in [0.15, 0.2) is 72.8 Å². The Morgan fingerprint density at radius 2 is 1.79 bits per heavy atom. The minimum absolute atomic E-state index is 0.0699. The van der Waals surface area contributed by atoms with Gasteiger partial charge in [0.25, 0.3) is 5.91 Å². The highest BCUT2D eigenvalue weighted by atomic mass is 35.5. The summed E-state index contributed by atoms with van der Waals surface area (Å²) in [6.45, 7) is 6.71. The van der Waals surface area contributed by atoms with Crippen molar-refractivity contribution in [2.24, 2.45) is 0 Å². The summed E-state index contributed by atoms with van der Waals surface area (Å²) in [6.07, 6.45) is 0. The number of nitrogens with one attached hydrogen (secondary N) is 1. The number of benzene rings is 3. The van der Waals surface area contributed by atoms with Gasteiger partial charge in [0.1, 0.15) is 5.75 Å². The Morgan fingerprint density at radius 1 is 1.03 bits per heavy atom. The SMILES string of the molecule is CCOc1ccc([C@@H]2[C@@H](C(=O)Nc3cccc(Cl)c3)c3ccccc3C(=O)N2CCN2CCOCC2)cc1. The van der Waals surface area contributed by atoms with Gasteiger partial charge in [-0.15, -0.1) is 0 Å². The summed E-state index contributed by atoms with van der Waals surface area (Å²) >= 11 is 6.19. The Morgan fingerprint density at radius 3 is 2.53 bits per heavy atom. The van der Waals surface area contributed by atoms with E-state index in [4.69, 9.17) is 21.1 Å². The zero-order chi connectivity index (χ0) is 26.5. The molecule has 0 bridgehead atoms. The highest BCUT2D eigenvalue weighted by molar-refractivity contribution is 6.30. The van der Waals surface area contributed by atoms with Gasteiger partial charge in [-0.05, 0) is 54.4 Å². The first-order chi connectivity index (χ1) is 18.5. The molecule has 0 unspecified atom stereocenters. The Balaban J connectivity index is 1.55. The number of nitrogens with zero attached hydrogens (tertiary/aromatic N) is 2. The summed E-state index contributed by atoms with van der Waals surface area (Å²) in [7, 11) is 0. The van der Waals surface area contributed by atoms with E-state index in [1.165, 1.54) is 0 Å². The van der Waals surface area contributed by atoms with Crippen LogP contribution in [0.4, 0.5) is 5.69 Å². The molecule has 8 heteroatoms. The molecular weight excluding hydrogens is 502 g/mol. The number of rotatable bonds is 8. The van der Waals surface area contributed by atoms with Gasteiger partial charge in [0.15, 0.2) is 0 Å². The molecule has 38 heavy (non-hydrogen) atoms. The van der Waals surface area contributed by atoms with Gasteiger partial charge in [-0.1, -0.05) is 48.0 Å². The van der Waals surface area contributed by atoms with Crippen molar-refractivity contribution in [2.45, 2.75) is 18.9 Å². The average Bonchev–Trinajstić information content (AvgIpc) is 2.93. The van der Waals surface area contributed by atoms with Gasteiger partial charge >= 0.3 is 0 Å². The lowest BCUT2D eigenvalue weighted by Crippen LogP contribution is -2.49. The Hall–Kier alpha value is -3.39. The normalized spacial score (nSPS) is 19.6. The lowest BCUT2D eigenvalue weighted by Gasteiger charge is -2.42. The molecule has 198 valence electrons. The minimum atomic E-state index is -0.620. The molecule has 0 saturated carbocycles. The second-order valence-electron chi connectivity index (χ2n) is 9.46. The molecule has 1 N–H and O–H groups in total. The van der Waals surface area contributed by atoms with Crippen LogP contribution in [-0.4, -0.2) is 67.6 Å². The first kappa shape index (κ1) is 26.2. The summed E-state index contributed by atoms with van der Waals surface area (Å²) < 4.78 is 11.2. The van der Waals surface area contributed by atoms with Crippen LogP contribution < -0.4 is 10.1 Å². The van der Waals surface area contributed by atoms with Crippen LogP contribution in [0.5, 0.6) is 5.75 Å². The van der Waals surface area contributed by atoms with Crippen molar-refractivity contribution in [2.75, 3.05) is 51.3 Å². The van der Waals surface area contributed by atoms with E-state index in [0.717, 1.165) is 30.0 Å². The quantitative estimate of drug-likeness (QED) is 0.442. The molecule has 0 aromatic heterocycles. The number of fused-ring (bicyclic) bond motifs is 1. The van der Waals surface area contributed by atoms with Crippen LogP contribution in [0.25, 0.3) is 0 Å². The van der Waals surface area contributed by atoms with Gasteiger partial charge in [-0.25, -0.2) is 0 Å². The minimum Gasteiger partial charge on any atom is -0.494 e. The molecule has 3 aromatic carbocycles. The fourth-order valence-corrected chi connectivity index (χ4v) is 5.47. The van der Waals surface area contributed by atoms with Crippen LogP contribution in [-0.2, 0) is 9.53 Å². The van der Waals surface area contributed by atoms with Crippen LogP contribution in [0.2, 0.25) is 5.02 Å². The van der Waals surface area contributed by atoms with E-state index in [0.29, 0.717) is 49.2 Å². The number of hydrogen-bond donors (Lipinski definition) is 1. The van der Waals surface area contributed by atoms with Crippen LogP contribution in [0, 0.1) is 0 Å². The number of halogens is 1. The third-order valence-corrected chi connectivity index (χ3v) is 7.34.